The van der Waals surface area contributed by atoms with Gasteiger partial charge >= 0.3 is 0 Å². The Morgan fingerprint density at radius 3 is 1.17 bits per heavy atom. The van der Waals surface area contributed by atoms with Crippen LogP contribution in [0.2, 0.25) is 0 Å². The summed E-state index contributed by atoms with van der Waals surface area (Å²) in [5.41, 5.74) is 1.99. The van der Waals surface area contributed by atoms with E-state index in [0.29, 0.717) is 11.1 Å². The summed E-state index contributed by atoms with van der Waals surface area (Å²) < 4.78 is 0. The lowest BCUT2D eigenvalue weighted by Crippen LogP contribution is -2.31. The Morgan fingerprint density at radius 2 is 0.944 bits per heavy atom. The number of rotatable bonds is 0. The first kappa shape index (κ1) is 12.9. The van der Waals surface area contributed by atoms with Crippen molar-refractivity contribution in [3.63, 3.8) is 0 Å². The number of amides is 2. The molecule has 0 aromatic heterocycles. The van der Waals surface area contributed by atoms with Gasteiger partial charge in [0.15, 0.2) is 0 Å². The van der Waals surface area contributed by atoms with Crippen molar-refractivity contribution in [1.29, 1.82) is 0 Å². The fourth-order valence-electron chi connectivity index (χ4n) is 2.31. The molecule has 18 heavy (non-hydrogen) atoms. The van der Waals surface area contributed by atoms with E-state index in [-0.39, 0.29) is 22.6 Å². The molecule has 0 aromatic rings. The highest BCUT2D eigenvalue weighted by atomic mass is 16.2. The highest BCUT2D eigenvalue weighted by Gasteiger charge is 2.45. The van der Waals surface area contributed by atoms with Crippen LogP contribution in [0.5, 0.6) is 0 Å². The third-order valence-corrected chi connectivity index (χ3v) is 3.18. The van der Waals surface area contributed by atoms with Gasteiger partial charge in [-0.2, -0.15) is 0 Å². The summed E-state index contributed by atoms with van der Waals surface area (Å²) in [5.74, 6) is -0.337. The van der Waals surface area contributed by atoms with Crippen LogP contribution in [0.25, 0.3) is 0 Å². The van der Waals surface area contributed by atoms with Crippen molar-refractivity contribution < 1.29 is 9.59 Å². The number of carbonyl (C=O) groups excluding carboxylic acids is 2. The van der Waals surface area contributed by atoms with Crippen LogP contribution >= 0.6 is 0 Å². The minimum Gasteiger partial charge on any atom is -0.324 e. The fourth-order valence-corrected chi connectivity index (χ4v) is 2.31. The Bertz CT molecular complexity index is 463. The SMILES string of the molecule is CC(C)(C)C1=C2C(=O)NC(C(C)(C)C)=C2C(=O)N1. The van der Waals surface area contributed by atoms with E-state index in [0.717, 1.165) is 11.4 Å². The van der Waals surface area contributed by atoms with Crippen LogP contribution in [0.15, 0.2) is 22.5 Å². The van der Waals surface area contributed by atoms with E-state index in [2.05, 4.69) is 10.6 Å². The Labute approximate surface area is 108 Å². The fraction of sp³-hybridized carbons (Fsp3) is 0.571. The van der Waals surface area contributed by atoms with E-state index in [1.54, 1.807) is 0 Å². The lowest BCUT2D eigenvalue weighted by atomic mass is 9.86. The largest absolute Gasteiger partial charge is 0.324 e. The van der Waals surface area contributed by atoms with Crippen LogP contribution in [-0.4, -0.2) is 11.8 Å². The van der Waals surface area contributed by atoms with Crippen LogP contribution in [0.3, 0.4) is 0 Å². The molecule has 2 N–H and O–H groups in total. The highest BCUT2D eigenvalue weighted by molar-refractivity contribution is 6.19. The third kappa shape index (κ3) is 1.76. The summed E-state index contributed by atoms with van der Waals surface area (Å²) in [7, 11) is 0. The summed E-state index contributed by atoms with van der Waals surface area (Å²) in [4.78, 5) is 24.2. The van der Waals surface area contributed by atoms with E-state index in [1.165, 1.54) is 0 Å². The summed E-state index contributed by atoms with van der Waals surface area (Å²) in [6.07, 6.45) is 0. The number of allylic oxidation sites excluding steroid dienone is 2. The first-order chi connectivity index (χ1) is 8.03. The summed E-state index contributed by atoms with van der Waals surface area (Å²) in [6, 6.07) is 0. The Hall–Kier alpha value is -1.58. The van der Waals surface area contributed by atoms with Gasteiger partial charge in [-0.05, 0) is 0 Å². The highest BCUT2D eigenvalue weighted by Crippen LogP contribution is 2.41. The number of fused-ring (bicyclic) bond motifs is 1. The van der Waals surface area contributed by atoms with Crippen molar-refractivity contribution in [1.82, 2.24) is 10.6 Å². The summed E-state index contributed by atoms with van der Waals surface area (Å²) in [6.45, 7) is 11.9. The molecule has 0 unspecified atom stereocenters. The minimum absolute atomic E-state index is 0.168. The van der Waals surface area contributed by atoms with Crippen molar-refractivity contribution in [3.05, 3.63) is 22.5 Å². The molecule has 2 amide bonds. The molecule has 0 saturated carbocycles. The Kier molecular flexibility index (Phi) is 2.48. The van der Waals surface area contributed by atoms with Crippen molar-refractivity contribution in [2.24, 2.45) is 10.8 Å². The van der Waals surface area contributed by atoms with Crippen molar-refractivity contribution in [2.45, 2.75) is 41.5 Å². The van der Waals surface area contributed by atoms with E-state index in [4.69, 9.17) is 0 Å². The van der Waals surface area contributed by atoms with Gasteiger partial charge in [0, 0.05) is 22.2 Å². The maximum absolute atomic E-state index is 12.1. The molecular weight excluding hydrogens is 228 g/mol. The molecule has 0 fully saturated rings. The molecule has 4 heteroatoms. The van der Waals surface area contributed by atoms with Crippen molar-refractivity contribution in [3.8, 4) is 0 Å². The van der Waals surface area contributed by atoms with Crippen LogP contribution in [0.4, 0.5) is 0 Å². The summed E-state index contributed by atoms with van der Waals surface area (Å²) in [5, 5.41) is 5.70. The molecule has 0 radical (unpaired) electrons. The molecule has 0 aliphatic carbocycles. The number of nitrogens with one attached hydrogen (secondary N) is 2. The molecule has 0 spiro atoms. The second kappa shape index (κ2) is 3.46. The quantitative estimate of drug-likeness (QED) is 0.687. The number of hydrogen-bond donors (Lipinski definition) is 2. The van der Waals surface area contributed by atoms with Crippen molar-refractivity contribution >= 4 is 11.8 Å². The second-order valence-electron chi connectivity index (χ2n) is 6.91. The zero-order valence-electron chi connectivity index (χ0n) is 11.8. The van der Waals surface area contributed by atoms with Gasteiger partial charge in [-0.15, -0.1) is 0 Å². The lowest BCUT2D eigenvalue weighted by molar-refractivity contribution is -0.117. The molecule has 0 aromatic carbocycles. The first-order valence-electron chi connectivity index (χ1n) is 6.16. The monoisotopic (exact) mass is 248 g/mol. The van der Waals surface area contributed by atoms with Gasteiger partial charge < -0.3 is 10.6 Å². The summed E-state index contributed by atoms with van der Waals surface area (Å²) >= 11 is 0. The predicted octanol–water partition coefficient (Wildman–Crippen LogP) is 1.85. The maximum Gasteiger partial charge on any atom is 0.258 e. The lowest BCUT2D eigenvalue weighted by Gasteiger charge is -2.22. The second-order valence-corrected chi connectivity index (χ2v) is 6.91. The molecule has 4 nitrogen and oxygen atoms in total. The van der Waals surface area contributed by atoms with Crippen LogP contribution in [0, 0.1) is 10.8 Å². The van der Waals surface area contributed by atoms with Crippen molar-refractivity contribution in [2.75, 3.05) is 0 Å². The van der Waals surface area contributed by atoms with E-state index in [9.17, 15) is 9.59 Å². The minimum atomic E-state index is -0.253. The molecular formula is C14H20N2O2. The Balaban J connectivity index is 2.67. The standard InChI is InChI=1S/C14H20N2O2/c1-13(2,3)9-7-8(12(18)15-9)10(14(4,5)6)16-11(7)17/h1-6H3,(H,15,18)(H,16,17). The van der Waals surface area contributed by atoms with Gasteiger partial charge in [0.2, 0.25) is 0 Å². The normalized spacial score (nSPS) is 20.3. The predicted molar refractivity (Wildman–Crippen MR) is 69.2 cm³/mol. The molecule has 2 heterocycles. The maximum atomic E-state index is 12.1. The molecule has 0 atom stereocenters. The van der Waals surface area contributed by atoms with Gasteiger partial charge in [-0.3, -0.25) is 9.59 Å². The average Bonchev–Trinajstić information content (AvgIpc) is 2.65. The average molecular weight is 248 g/mol. The number of hydrogen-bond acceptors (Lipinski definition) is 2. The van der Waals surface area contributed by atoms with Gasteiger partial charge in [-0.1, -0.05) is 41.5 Å². The Morgan fingerprint density at radius 1 is 0.667 bits per heavy atom. The molecule has 2 aliphatic rings. The van der Waals surface area contributed by atoms with Gasteiger partial charge in [0.1, 0.15) is 0 Å². The van der Waals surface area contributed by atoms with E-state index in [1.807, 2.05) is 41.5 Å². The molecule has 2 aliphatic heterocycles. The van der Waals surface area contributed by atoms with Gasteiger partial charge in [-0.25, -0.2) is 0 Å². The molecule has 0 bridgehead atoms. The van der Waals surface area contributed by atoms with Gasteiger partial charge in [0.25, 0.3) is 11.8 Å². The first-order valence-corrected chi connectivity index (χ1v) is 6.16. The van der Waals surface area contributed by atoms with Crippen LogP contribution < -0.4 is 10.6 Å². The van der Waals surface area contributed by atoms with Gasteiger partial charge in [0.05, 0.1) is 11.1 Å². The zero-order valence-corrected chi connectivity index (χ0v) is 11.8. The molecule has 2 rings (SSSR count). The molecule has 0 saturated heterocycles. The molecule has 98 valence electrons. The smallest absolute Gasteiger partial charge is 0.258 e. The third-order valence-electron chi connectivity index (χ3n) is 3.18. The topological polar surface area (TPSA) is 58.2 Å². The zero-order chi connectivity index (χ0) is 13.9. The van der Waals surface area contributed by atoms with Crippen LogP contribution in [-0.2, 0) is 9.59 Å². The number of carbonyl (C=O) groups is 2. The van der Waals surface area contributed by atoms with E-state index >= 15 is 0 Å². The van der Waals surface area contributed by atoms with E-state index < -0.39 is 0 Å². The van der Waals surface area contributed by atoms with Crippen LogP contribution in [0.1, 0.15) is 41.5 Å².